The molecule has 1 aromatic rings. The zero-order valence-corrected chi connectivity index (χ0v) is 9.08. The van der Waals surface area contributed by atoms with E-state index in [0.29, 0.717) is 5.75 Å². The van der Waals surface area contributed by atoms with E-state index in [1.807, 2.05) is 0 Å². The Morgan fingerprint density at radius 1 is 1.47 bits per heavy atom. The van der Waals surface area contributed by atoms with E-state index in [-0.39, 0.29) is 18.3 Å². The van der Waals surface area contributed by atoms with E-state index in [4.69, 9.17) is 4.74 Å². The molecule has 0 atom stereocenters. The van der Waals surface area contributed by atoms with Gasteiger partial charge in [-0.3, -0.25) is 4.79 Å². The minimum atomic E-state index is -0.368. The van der Waals surface area contributed by atoms with Gasteiger partial charge in [-0.25, -0.2) is 4.39 Å². The maximum absolute atomic E-state index is 12.9. The minimum Gasteiger partial charge on any atom is -0.483 e. The number of benzene rings is 1. The molecule has 0 aliphatic rings. The average molecular weight is 211 g/mol. The maximum atomic E-state index is 12.9. The first kappa shape index (κ1) is 11.5. The lowest BCUT2D eigenvalue weighted by molar-refractivity contribution is -0.130. The molecule has 0 saturated heterocycles. The molecule has 0 N–H and O–H groups in total. The van der Waals surface area contributed by atoms with Crippen LogP contribution >= 0.6 is 0 Å². The zero-order valence-electron chi connectivity index (χ0n) is 9.08. The molecule has 0 aliphatic heterocycles. The van der Waals surface area contributed by atoms with E-state index in [2.05, 4.69) is 0 Å². The third-order valence-electron chi connectivity index (χ3n) is 2.00. The fourth-order valence-corrected chi connectivity index (χ4v) is 0.998. The van der Waals surface area contributed by atoms with Crippen LogP contribution in [0.1, 0.15) is 5.56 Å². The maximum Gasteiger partial charge on any atom is 0.259 e. The topological polar surface area (TPSA) is 29.5 Å². The van der Waals surface area contributed by atoms with Crippen LogP contribution in [0.5, 0.6) is 5.75 Å². The van der Waals surface area contributed by atoms with Gasteiger partial charge in [0.25, 0.3) is 5.91 Å². The Morgan fingerprint density at radius 3 is 2.73 bits per heavy atom. The Balaban J connectivity index is 2.65. The number of hydrogen-bond donors (Lipinski definition) is 0. The number of halogens is 1. The van der Waals surface area contributed by atoms with Gasteiger partial charge < -0.3 is 9.64 Å². The zero-order chi connectivity index (χ0) is 11.4. The highest BCUT2D eigenvalue weighted by molar-refractivity contribution is 5.77. The molecule has 0 bridgehead atoms. The van der Waals surface area contributed by atoms with Gasteiger partial charge in [-0.15, -0.1) is 0 Å². The first-order chi connectivity index (χ1) is 7.00. The summed E-state index contributed by atoms with van der Waals surface area (Å²) in [6.07, 6.45) is 0. The molecule has 0 aromatic heterocycles. The van der Waals surface area contributed by atoms with Crippen LogP contribution in [-0.4, -0.2) is 31.5 Å². The second-order valence-electron chi connectivity index (χ2n) is 3.49. The molecule has 4 heteroatoms. The number of rotatable bonds is 3. The van der Waals surface area contributed by atoms with Gasteiger partial charge in [0.15, 0.2) is 6.61 Å². The fraction of sp³-hybridized carbons (Fsp3) is 0.364. The molecule has 1 aromatic carbocycles. The Bertz CT molecular complexity index is 364. The standard InChI is InChI=1S/C11H14FNO2/c1-8-4-5-9(12)6-10(8)15-7-11(14)13(2)3/h4-6H,7H2,1-3H3. The summed E-state index contributed by atoms with van der Waals surface area (Å²) < 4.78 is 18.1. The number of nitrogens with zero attached hydrogens (tertiary/aromatic N) is 1. The highest BCUT2D eigenvalue weighted by Crippen LogP contribution is 2.18. The van der Waals surface area contributed by atoms with Crippen molar-refractivity contribution in [2.45, 2.75) is 6.92 Å². The van der Waals surface area contributed by atoms with Crippen molar-refractivity contribution in [1.29, 1.82) is 0 Å². The van der Waals surface area contributed by atoms with Crippen molar-refractivity contribution in [3.8, 4) is 5.75 Å². The predicted octanol–water partition coefficient (Wildman–Crippen LogP) is 1.60. The van der Waals surface area contributed by atoms with Gasteiger partial charge in [0.05, 0.1) is 0 Å². The number of amides is 1. The number of hydrogen-bond acceptors (Lipinski definition) is 2. The highest BCUT2D eigenvalue weighted by atomic mass is 19.1. The Kier molecular flexibility index (Phi) is 3.66. The molecule has 82 valence electrons. The van der Waals surface area contributed by atoms with E-state index in [1.165, 1.54) is 17.0 Å². The Hall–Kier alpha value is -1.58. The third kappa shape index (κ3) is 3.23. The molecule has 3 nitrogen and oxygen atoms in total. The van der Waals surface area contributed by atoms with Crippen LogP contribution in [0.15, 0.2) is 18.2 Å². The van der Waals surface area contributed by atoms with Crippen molar-refractivity contribution in [2.24, 2.45) is 0 Å². The van der Waals surface area contributed by atoms with Gasteiger partial charge >= 0.3 is 0 Å². The van der Waals surface area contributed by atoms with Crippen LogP contribution in [0.3, 0.4) is 0 Å². The molecule has 0 radical (unpaired) electrons. The van der Waals surface area contributed by atoms with Crippen molar-refractivity contribution in [2.75, 3.05) is 20.7 Å². The molecule has 0 saturated carbocycles. The molecule has 1 rings (SSSR count). The van der Waals surface area contributed by atoms with Gasteiger partial charge in [0.2, 0.25) is 0 Å². The predicted molar refractivity (Wildman–Crippen MR) is 55.3 cm³/mol. The molecule has 1 amide bonds. The van der Waals surface area contributed by atoms with Crippen molar-refractivity contribution >= 4 is 5.91 Å². The van der Waals surface area contributed by atoms with Gasteiger partial charge in [0.1, 0.15) is 11.6 Å². The minimum absolute atomic E-state index is 0.0721. The molecule has 15 heavy (non-hydrogen) atoms. The van der Waals surface area contributed by atoms with E-state index in [1.54, 1.807) is 27.1 Å². The second kappa shape index (κ2) is 4.77. The van der Waals surface area contributed by atoms with Crippen molar-refractivity contribution in [3.05, 3.63) is 29.6 Å². The molecule has 0 spiro atoms. The van der Waals surface area contributed by atoms with Crippen LogP contribution < -0.4 is 4.74 Å². The van der Waals surface area contributed by atoms with Crippen LogP contribution in [0.25, 0.3) is 0 Å². The van der Waals surface area contributed by atoms with Crippen molar-refractivity contribution in [1.82, 2.24) is 4.90 Å². The summed E-state index contributed by atoms with van der Waals surface area (Å²) in [4.78, 5) is 12.6. The molecule has 0 aliphatic carbocycles. The first-order valence-corrected chi connectivity index (χ1v) is 4.60. The normalized spacial score (nSPS) is 9.87. The Labute approximate surface area is 88.5 Å². The number of likely N-dealkylation sites (N-methyl/N-ethyl adjacent to an activating group) is 1. The molecular formula is C11H14FNO2. The summed E-state index contributed by atoms with van der Waals surface area (Å²) in [5.74, 6) is -0.114. The lowest BCUT2D eigenvalue weighted by atomic mass is 10.2. The quantitative estimate of drug-likeness (QED) is 0.760. The van der Waals surface area contributed by atoms with Crippen molar-refractivity contribution < 1.29 is 13.9 Å². The third-order valence-corrected chi connectivity index (χ3v) is 2.00. The summed E-state index contributed by atoms with van der Waals surface area (Å²) >= 11 is 0. The summed E-state index contributed by atoms with van der Waals surface area (Å²) in [5.41, 5.74) is 0.808. The SMILES string of the molecule is Cc1ccc(F)cc1OCC(=O)N(C)C. The van der Waals surface area contributed by atoms with E-state index < -0.39 is 0 Å². The smallest absolute Gasteiger partial charge is 0.259 e. The summed E-state index contributed by atoms with van der Waals surface area (Å²) in [5, 5.41) is 0. The number of carbonyl (C=O) groups excluding carboxylic acids is 1. The van der Waals surface area contributed by atoms with Gasteiger partial charge in [0, 0.05) is 20.2 Å². The van der Waals surface area contributed by atoms with Crippen LogP contribution in [0.2, 0.25) is 0 Å². The van der Waals surface area contributed by atoms with E-state index >= 15 is 0 Å². The lowest BCUT2D eigenvalue weighted by Gasteiger charge is -2.12. The van der Waals surface area contributed by atoms with E-state index in [9.17, 15) is 9.18 Å². The number of aryl methyl sites for hydroxylation is 1. The summed E-state index contributed by atoms with van der Waals surface area (Å²) in [6.45, 7) is 1.73. The summed E-state index contributed by atoms with van der Waals surface area (Å²) in [6, 6.07) is 4.25. The largest absolute Gasteiger partial charge is 0.483 e. The highest BCUT2D eigenvalue weighted by Gasteiger charge is 2.07. The number of carbonyl (C=O) groups is 1. The fourth-order valence-electron chi connectivity index (χ4n) is 0.998. The van der Waals surface area contributed by atoms with Crippen LogP contribution in [0.4, 0.5) is 4.39 Å². The van der Waals surface area contributed by atoms with Gasteiger partial charge in [-0.05, 0) is 18.6 Å². The average Bonchev–Trinajstić information content (AvgIpc) is 2.18. The summed E-state index contributed by atoms with van der Waals surface area (Å²) in [7, 11) is 3.29. The molecule has 0 heterocycles. The lowest BCUT2D eigenvalue weighted by Crippen LogP contribution is -2.27. The van der Waals surface area contributed by atoms with Crippen molar-refractivity contribution in [3.63, 3.8) is 0 Å². The molecular weight excluding hydrogens is 197 g/mol. The molecule has 0 fully saturated rings. The van der Waals surface area contributed by atoms with Crippen LogP contribution in [0, 0.1) is 12.7 Å². The monoisotopic (exact) mass is 211 g/mol. The Morgan fingerprint density at radius 2 is 2.13 bits per heavy atom. The first-order valence-electron chi connectivity index (χ1n) is 4.60. The van der Waals surface area contributed by atoms with Gasteiger partial charge in [-0.2, -0.15) is 0 Å². The molecule has 0 unspecified atom stereocenters. The van der Waals surface area contributed by atoms with Gasteiger partial charge in [-0.1, -0.05) is 6.07 Å². The van der Waals surface area contributed by atoms with Crippen LogP contribution in [-0.2, 0) is 4.79 Å². The number of ether oxygens (including phenoxy) is 1. The second-order valence-corrected chi connectivity index (χ2v) is 3.49. The van der Waals surface area contributed by atoms with E-state index in [0.717, 1.165) is 5.56 Å².